The van der Waals surface area contributed by atoms with Gasteiger partial charge in [-0.3, -0.25) is 4.98 Å². The molecule has 0 aliphatic carbocycles. The van der Waals surface area contributed by atoms with E-state index in [1.54, 1.807) is 18.3 Å². The Morgan fingerprint density at radius 2 is 2.33 bits per heavy atom. The highest BCUT2D eigenvalue weighted by atomic mass is 16.5. The molecule has 0 bridgehead atoms. The van der Waals surface area contributed by atoms with Gasteiger partial charge < -0.3 is 14.4 Å². The zero-order valence-electron chi connectivity index (χ0n) is 9.54. The van der Waals surface area contributed by atoms with Gasteiger partial charge in [0.05, 0.1) is 12.3 Å². The highest BCUT2D eigenvalue weighted by Gasteiger charge is 2.25. The Morgan fingerprint density at radius 3 is 3.06 bits per heavy atom. The highest BCUT2D eigenvalue weighted by molar-refractivity contribution is 5.92. The van der Waals surface area contributed by atoms with Crippen molar-refractivity contribution in [3.63, 3.8) is 0 Å². The maximum absolute atomic E-state index is 11.3. The van der Waals surface area contributed by atoms with Crippen LogP contribution in [0.1, 0.15) is 16.3 Å². The average Bonchev–Trinajstić information content (AvgIpc) is 2.79. The molecule has 0 saturated heterocycles. The Kier molecular flexibility index (Phi) is 2.56. The molecule has 1 aliphatic rings. The fraction of sp³-hybridized carbons (Fsp3) is 0.250. The molecule has 1 N–H and O–H groups in total. The van der Waals surface area contributed by atoms with Crippen molar-refractivity contribution in [3.05, 3.63) is 35.9 Å². The van der Waals surface area contributed by atoms with Crippen molar-refractivity contribution < 1.29 is 14.6 Å². The van der Waals surface area contributed by atoms with Crippen molar-refractivity contribution in [1.82, 2.24) is 14.5 Å². The first-order chi connectivity index (χ1) is 8.77. The first kappa shape index (κ1) is 10.9. The number of aromatic nitrogens is 3. The summed E-state index contributed by atoms with van der Waals surface area (Å²) in [5.74, 6) is -0.406. The second kappa shape index (κ2) is 4.23. The zero-order chi connectivity index (χ0) is 12.5. The standard InChI is InChI=1S/C12H11N3O3/c16-12(17)10-11(8-3-1-2-4-13-8)15-5-6-18-7-9(15)14-10/h1-4H,5-7H2,(H,16,17). The molecular weight excluding hydrogens is 234 g/mol. The summed E-state index contributed by atoms with van der Waals surface area (Å²) < 4.78 is 7.15. The number of fused-ring (bicyclic) bond motifs is 1. The van der Waals surface area contributed by atoms with Gasteiger partial charge in [-0.05, 0) is 12.1 Å². The van der Waals surface area contributed by atoms with Crippen LogP contribution in [-0.2, 0) is 17.9 Å². The normalized spacial score (nSPS) is 14.2. The molecule has 6 nitrogen and oxygen atoms in total. The van der Waals surface area contributed by atoms with Crippen LogP contribution in [-0.4, -0.2) is 32.2 Å². The van der Waals surface area contributed by atoms with Gasteiger partial charge in [0.2, 0.25) is 0 Å². The third-order valence-corrected chi connectivity index (χ3v) is 2.85. The lowest BCUT2D eigenvalue weighted by atomic mass is 10.2. The van der Waals surface area contributed by atoms with Crippen molar-refractivity contribution in [1.29, 1.82) is 0 Å². The maximum Gasteiger partial charge on any atom is 0.356 e. The maximum atomic E-state index is 11.3. The van der Waals surface area contributed by atoms with E-state index in [0.29, 0.717) is 37.0 Å². The van der Waals surface area contributed by atoms with Crippen molar-refractivity contribution in [2.24, 2.45) is 0 Å². The molecule has 0 fully saturated rings. The average molecular weight is 245 g/mol. The van der Waals surface area contributed by atoms with Gasteiger partial charge in [0.25, 0.3) is 0 Å². The molecule has 2 aromatic heterocycles. The van der Waals surface area contributed by atoms with Gasteiger partial charge in [-0.25, -0.2) is 9.78 Å². The van der Waals surface area contributed by atoms with Crippen molar-refractivity contribution in [3.8, 4) is 11.4 Å². The van der Waals surface area contributed by atoms with Gasteiger partial charge in [-0.15, -0.1) is 0 Å². The minimum absolute atomic E-state index is 0.0363. The van der Waals surface area contributed by atoms with E-state index in [4.69, 9.17) is 4.74 Å². The number of rotatable bonds is 2. The fourth-order valence-corrected chi connectivity index (χ4v) is 2.08. The molecule has 0 spiro atoms. The minimum Gasteiger partial charge on any atom is -0.476 e. The summed E-state index contributed by atoms with van der Waals surface area (Å²) in [5, 5.41) is 9.23. The Hall–Kier alpha value is -2.21. The van der Waals surface area contributed by atoms with E-state index in [9.17, 15) is 9.90 Å². The molecule has 0 atom stereocenters. The second-order valence-corrected chi connectivity index (χ2v) is 3.95. The quantitative estimate of drug-likeness (QED) is 0.859. The molecule has 92 valence electrons. The van der Waals surface area contributed by atoms with Crippen LogP contribution >= 0.6 is 0 Å². The summed E-state index contributed by atoms with van der Waals surface area (Å²) >= 11 is 0. The predicted molar refractivity (Wildman–Crippen MR) is 62.1 cm³/mol. The number of carbonyl (C=O) groups is 1. The van der Waals surface area contributed by atoms with E-state index in [1.807, 2.05) is 10.6 Å². The number of nitrogens with zero attached hydrogens (tertiary/aromatic N) is 3. The van der Waals surface area contributed by atoms with E-state index in [-0.39, 0.29) is 5.69 Å². The highest BCUT2D eigenvalue weighted by Crippen LogP contribution is 2.25. The summed E-state index contributed by atoms with van der Waals surface area (Å²) in [6.45, 7) is 1.50. The van der Waals surface area contributed by atoms with E-state index >= 15 is 0 Å². The predicted octanol–water partition coefficient (Wildman–Crippen LogP) is 1.17. The molecule has 18 heavy (non-hydrogen) atoms. The lowest BCUT2D eigenvalue weighted by Gasteiger charge is -2.16. The van der Waals surface area contributed by atoms with Crippen LogP contribution in [0.5, 0.6) is 0 Å². The number of pyridine rings is 1. The Labute approximate surface area is 103 Å². The molecule has 1 aliphatic heterocycles. The number of hydrogen-bond donors (Lipinski definition) is 1. The van der Waals surface area contributed by atoms with Crippen LogP contribution < -0.4 is 0 Å². The third-order valence-electron chi connectivity index (χ3n) is 2.85. The third kappa shape index (κ3) is 1.67. The summed E-state index contributed by atoms with van der Waals surface area (Å²) in [7, 11) is 0. The zero-order valence-corrected chi connectivity index (χ0v) is 9.54. The van der Waals surface area contributed by atoms with E-state index in [0.717, 1.165) is 0 Å². The molecule has 0 aromatic carbocycles. The molecule has 0 unspecified atom stereocenters. The van der Waals surface area contributed by atoms with Crippen LogP contribution in [0.25, 0.3) is 11.4 Å². The minimum atomic E-state index is -1.04. The van der Waals surface area contributed by atoms with Crippen LogP contribution in [0.15, 0.2) is 24.4 Å². The van der Waals surface area contributed by atoms with Crippen molar-refractivity contribution >= 4 is 5.97 Å². The van der Waals surface area contributed by atoms with Gasteiger partial charge in [0.1, 0.15) is 18.1 Å². The number of aromatic carboxylic acids is 1. The molecule has 3 heterocycles. The topological polar surface area (TPSA) is 77.2 Å². The van der Waals surface area contributed by atoms with E-state index < -0.39 is 5.97 Å². The monoisotopic (exact) mass is 245 g/mol. The second-order valence-electron chi connectivity index (χ2n) is 3.95. The lowest BCUT2D eigenvalue weighted by molar-refractivity contribution is 0.0691. The number of hydrogen-bond acceptors (Lipinski definition) is 4. The van der Waals surface area contributed by atoms with Gasteiger partial charge >= 0.3 is 5.97 Å². The fourth-order valence-electron chi connectivity index (χ4n) is 2.08. The summed E-state index contributed by atoms with van der Waals surface area (Å²) in [4.78, 5) is 19.6. The largest absolute Gasteiger partial charge is 0.476 e. The SMILES string of the molecule is O=C(O)c1nc2n(c1-c1ccccn1)CCOC2. The molecule has 6 heteroatoms. The van der Waals surface area contributed by atoms with Crippen molar-refractivity contribution in [2.45, 2.75) is 13.2 Å². The van der Waals surface area contributed by atoms with E-state index in [1.165, 1.54) is 0 Å². The molecule has 3 rings (SSSR count). The van der Waals surface area contributed by atoms with Gasteiger partial charge in [-0.1, -0.05) is 6.07 Å². The lowest BCUT2D eigenvalue weighted by Crippen LogP contribution is -2.17. The molecule has 2 aromatic rings. The Bertz CT molecular complexity index is 592. The molecule has 0 saturated carbocycles. The summed E-state index contributed by atoms with van der Waals surface area (Å²) in [6, 6.07) is 5.40. The summed E-state index contributed by atoms with van der Waals surface area (Å²) in [6.07, 6.45) is 1.64. The molecule has 0 amide bonds. The number of carboxylic acid groups (broad SMARTS) is 1. The van der Waals surface area contributed by atoms with Gasteiger partial charge in [0.15, 0.2) is 5.69 Å². The van der Waals surface area contributed by atoms with E-state index in [2.05, 4.69) is 9.97 Å². The first-order valence-corrected chi connectivity index (χ1v) is 5.59. The molecular formula is C12H11N3O3. The first-order valence-electron chi connectivity index (χ1n) is 5.59. The van der Waals surface area contributed by atoms with Crippen LogP contribution in [0.2, 0.25) is 0 Å². The Balaban J connectivity index is 2.23. The smallest absolute Gasteiger partial charge is 0.356 e. The Morgan fingerprint density at radius 1 is 1.44 bits per heavy atom. The summed E-state index contributed by atoms with van der Waals surface area (Å²) in [5.41, 5.74) is 1.21. The van der Waals surface area contributed by atoms with Crippen LogP contribution in [0.4, 0.5) is 0 Å². The van der Waals surface area contributed by atoms with Crippen LogP contribution in [0, 0.1) is 0 Å². The van der Waals surface area contributed by atoms with Crippen molar-refractivity contribution in [2.75, 3.05) is 6.61 Å². The number of ether oxygens (including phenoxy) is 1. The van der Waals surface area contributed by atoms with Crippen LogP contribution in [0.3, 0.4) is 0 Å². The van der Waals surface area contributed by atoms with Gasteiger partial charge in [0, 0.05) is 12.7 Å². The molecule has 0 radical (unpaired) electrons. The van der Waals surface area contributed by atoms with Gasteiger partial charge in [-0.2, -0.15) is 0 Å². The number of imidazole rings is 1. The number of carboxylic acids is 1.